The van der Waals surface area contributed by atoms with E-state index in [0.717, 1.165) is 5.56 Å². The molecule has 206 valence electrons. The number of nitrogens with zero attached hydrogens (tertiary/aromatic N) is 2. The van der Waals surface area contributed by atoms with E-state index in [-0.39, 0.29) is 36.6 Å². The van der Waals surface area contributed by atoms with Crippen molar-refractivity contribution in [3.8, 4) is 0 Å². The normalized spacial score (nSPS) is 21.4. The van der Waals surface area contributed by atoms with E-state index in [4.69, 9.17) is 4.74 Å². The number of aromatic amines is 1. The van der Waals surface area contributed by atoms with E-state index in [2.05, 4.69) is 15.5 Å². The summed E-state index contributed by atoms with van der Waals surface area (Å²) in [4.78, 5) is 12.2. The molecule has 1 aromatic heterocycles. The number of benzene rings is 2. The Balaban J connectivity index is 1.59. The predicted octanol–water partition coefficient (Wildman–Crippen LogP) is 4.70. The van der Waals surface area contributed by atoms with Gasteiger partial charge in [0.25, 0.3) is 0 Å². The van der Waals surface area contributed by atoms with Gasteiger partial charge >= 0.3 is 18.0 Å². The number of H-pyrrole nitrogens is 1. The van der Waals surface area contributed by atoms with E-state index >= 15 is 0 Å². The average Bonchev–Trinajstić information content (AvgIpc) is 3.27. The molecule has 0 bridgehead atoms. The number of hydrogen-bond donors (Lipinski definition) is 3. The fourth-order valence-electron chi connectivity index (χ4n) is 4.75. The molecule has 1 aliphatic heterocycles. The average molecular weight is 544 g/mol. The second-order valence-electron chi connectivity index (χ2n) is 9.29. The number of hydrogen-bond acceptors (Lipinski definition) is 5. The van der Waals surface area contributed by atoms with Crippen molar-refractivity contribution < 1.29 is 36.2 Å². The van der Waals surface area contributed by atoms with Crippen molar-refractivity contribution in [2.75, 3.05) is 13.2 Å². The van der Waals surface area contributed by atoms with E-state index < -0.39 is 47.4 Å². The van der Waals surface area contributed by atoms with Crippen molar-refractivity contribution in [1.82, 2.24) is 20.1 Å². The standard InChI is InChI=1S/C25H26F6N4O3/c1-15(16-9-18(24(26,27)28)11-19(10-16)25(29,30)31)38-14-23(17-5-3-2-4-6-17)8-7-20(12-32-23)35-21(13-36)33-34-22(35)37/h2-6,9-11,15,20,32,36H,7-8,12-14H2,1H3,(H,34,37)/t15-,20?,23-/m1/s1. The first-order valence-electron chi connectivity index (χ1n) is 11.8. The van der Waals surface area contributed by atoms with E-state index in [9.17, 15) is 36.2 Å². The summed E-state index contributed by atoms with van der Waals surface area (Å²) >= 11 is 0. The molecule has 3 aromatic rings. The number of halogens is 6. The molecule has 1 fully saturated rings. The Kier molecular flexibility index (Phi) is 7.73. The molecule has 0 spiro atoms. The Hall–Kier alpha value is -3.16. The first-order valence-corrected chi connectivity index (χ1v) is 11.8. The summed E-state index contributed by atoms with van der Waals surface area (Å²) in [5.74, 6) is 0.184. The van der Waals surface area contributed by atoms with Crippen molar-refractivity contribution >= 4 is 0 Å². The van der Waals surface area contributed by atoms with Crippen LogP contribution in [0.4, 0.5) is 26.3 Å². The molecule has 1 unspecified atom stereocenters. The maximum atomic E-state index is 13.3. The minimum atomic E-state index is -4.96. The Bertz CT molecular complexity index is 1260. The highest BCUT2D eigenvalue weighted by atomic mass is 19.4. The summed E-state index contributed by atoms with van der Waals surface area (Å²) in [6, 6.07) is 10.2. The van der Waals surface area contributed by atoms with E-state index in [1.807, 2.05) is 18.2 Å². The maximum absolute atomic E-state index is 13.3. The number of nitrogens with one attached hydrogen (secondary N) is 2. The van der Waals surface area contributed by atoms with Gasteiger partial charge in [-0.1, -0.05) is 30.3 Å². The van der Waals surface area contributed by atoms with Gasteiger partial charge in [0.2, 0.25) is 0 Å². The fourth-order valence-corrected chi connectivity index (χ4v) is 4.75. The van der Waals surface area contributed by atoms with Crippen molar-refractivity contribution in [2.45, 2.75) is 56.4 Å². The Morgan fingerprint density at radius 1 is 1.11 bits per heavy atom. The van der Waals surface area contributed by atoms with Crippen molar-refractivity contribution in [3.05, 3.63) is 87.1 Å². The molecule has 2 heterocycles. The zero-order valence-electron chi connectivity index (χ0n) is 20.2. The van der Waals surface area contributed by atoms with Gasteiger partial charge in [0, 0.05) is 6.54 Å². The second-order valence-corrected chi connectivity index (χ2v) is 9.29. The quantitative estimate of drug-likeness (QED) is 0.375. The van der Waals surface area contributed by atoms with Gasteiger partial charge in [-0.3, -0.25) is 4.57 Å². The van der Waals surface area contributed by atoms with Gasteiger partial charge in [-0.25, -0.2) is 9.89 Å². The van der Waals surface area contributed by atoms with Crippen LogP contribution in [0.15, 0.2) is 53.3 Å². The minimum Gasteiger partial charge on any atom is -0.388 e. The molecule has 13 heteroatoms. The summed E-state index contributed by atoms with van der Waals surface area (Å²) in [7, 11) is 0. The number of piperidine rings is 1. The Morgan fingerprint density at radius 2 is 1.74 bits per heavy atom. The number of aliphatic hydroxyl groups is 1. The number of rotatable bonds is 7. The Morgan fingerprint density at radius 3 is 2.26 bits per heavy atom. The summed E-state index contributed by atoms with van der Waals surface area (Å²) < 4.78 is 87.3. The zero-order valence-corrected chi connectivity index (χ0v) is 20.2. The molecular formula is C25H26F6N4O3. The van der Waals surface area contributed by atoms with Gasteiger partial charge in [-0.05, 0) is 49.1 Å². The van der Waals surface area contributed by atoms with Gasteiger partial charge in [0.15, 0.2) is 5.82 Å². The molecule has 0 saturated carbocycles. The van der Waals surface area contributed by atoms with Gasteiger partial charge in [-0.15, -0.1) is 0 Å². The predicted molar refractivity (Wildman–Crippen MR) is 124 cm³/mol. The van der Waals surface area contributed by atoms with Crippen molar-refractivity contribution in [1.29, 1.82) is 0 Å². The van der Waals surface area contributed by atoms with Gasteiger partial charge < -0.3 is 15.2 Å². The molecule has 1 aliphatic rings. The highest BCUT2D eigenvalue weighted by molar-refractivity contribution is 5.35. The highest BCUT2D eigenvalue weighted by Crippen LogP contribution is 2.39. The largest absolute Gasteiger partial charge is 0.416 e. The van der Waals surface area contributed by atoms with Crippen LogP contribution in [0.2, 0.25) is 0 Å². The summed E-state index contributed by atoms with van der Waals surface area (Å²) in [5, 5.41) is 19.0. The van der Waals surface area contributed by atoms with Crippen LogP contribution < -0.4 is 11.0 Å². The lowest BCUT2D eigenvalue weighted by molar-refractivity contribution is -0.143. The van der Waals surface area contributed by atoms with Crippen LogP contribution >= 0.6 is 0 Å². The van der Waals surface area contributed by atoms with E-state index in [0.29, 0.717) is 25.0 Å². The topological polar surface area (TPSA) is 92.2 Å². The van der Waals surface area contributed by atoms with Crippen LogP contribution in [0.3, 0.4) is 0 Å². The van der Waals surface area contributed by atoms with E-state index in [1.165, 1.54) is 11.5 Å². The van der Waals surface area contributed by atoms with Crippen molar-refractivity contribution in [3.63, 3.8) is 0 Å². The molecule has 0 aliphatic carbocycles. The first-order chi connectivity index (χ1) is 17.8. The SMILES string of the molecule is C[C@@H](OC[C@@]1(c2ccccc2)CCC(n2c(CO)n[nH]c2=O)CN1)c1cc(C(F)(F)F)cc(C(F)(F)F)c1. The first kappa shape index (κ1) is 27.9. The molecule has 2 aromatic carbocycles. The van der Waals surface area contributed by atoms with Gasteiger partial charge in [0.1, 0.15) is 6.61 Å². The molecule has 1 saturated heterocycles. The van der Waals surface area contributed by atoms with Gasteiger partial charge in [0.05, 0.1) is 35.4 Å². The van der Waals surface area contributed by atoms with Gasteiger partial charge in [-0.2, -0.15) is 31.4 Å². The molecule has 7 nitrogen and oxygen atoms in total. The number of aromatic nitrogens is 3. The third kappa shape index (κ3) is 5.79. The summed E-state index contributed by atoms with van der Waals surface area (Å²) in [6.45, 7) is 1.19. The van der Waals surface area contributed by atoms with Crippen LogP contribution in [0.5, 0.6) is 0 Å². The number of ether oxygens (including phenoxy) is 1. The highest BCUT2D eigenvalue weighted by Gasteiger charge is 2.40. The molecule has 3 N–H and O–H groups in total. The Labute approximate surface area is 213 Å². The van der Waals surface area contributed by atoms with Crippen LogP contribution in [0, 0.1) is 0 Å². The lowest BCUT2D eigenvalue weighted by Gasteiger charge is -2.42. The molecular weight excluding hydrogens is 518 g/mol. The van der Waals surface area contributed by atoms with Crippen molar-refractivity contribution in [2.24, 2.45) is 0 Å². The lowest BCUT2D eigenvalue weighted by atomic mass is 9.81. The van der Waals surface area contributed by atoms with Crippen LogP contribution in [-0.2, 0) is 29.2 Å². The number of aliphatic hydroxyl groups excluding tert-OH is 1. The van der Waals surface area contributed by atoms with Crippen LogP contribution in [-0.4, -0.2) is 33.0 Å². The molecule has 38 heavy (non-hydrogen) atoms. The summed E-state index contributed by atoms with van der Waals surface area (Å²) in [5.41, 5.74) is -3.54. The molecule has 0 amide bonds. The van der Waals surface area contributed by atoms with Crippen LogP contribution in [0.1, 0.15) is 60.0 Å². The third-order valence-electron chi connectivity index (χ3n) is 6.85. The minimum absolute atomic E-state index is 0.0599. The number of alkyl halides is 6. The lowest BCUT2D eigenvalue weighted by Crippen LogP contribution is -2.53. The van der Waals surface area contributed by atoms with E-state index in [1.54, 1.807) is 12.1 Å². The fraction of sp³-hybridized carbons (Fsp3) is 0.440. The summed E-state index contributed by atoms with van der Waals surface area (Å²) in [6.07, 6.45) is -10.1. The smallest absolute Gasteiger partial charge is 0.388 e. The third-order valence-corrected chi connectivity index (χ3v) is 6.85. The molecule has 3 atom stereocenters. The molecule has 0 radical (unpaired) electrons. The molecule has 4 rings (SSSR count). The zero-order chi connectivity index (χ0) is 27.7. The second kappa shape index (κ2) is 10.5. The monoisotopic (exact) mass is 544 g/mol. The van der Waals surface area contributed by atoms with Crippen LogP contribution in [0.25, 0.3) is 0 Å². The maximum Gasteiger partial charge on any atom is 0.416 e.